The van der Waals surface area contributed by atoms with Gasteiger partial charge in [0.25, 0.3) is 0 Å². The van der Waals surface area contributed by atoms with Crippen molar-refractivity contribution in [1.29, 1.82) is 0 Å². The van der Waals surface area contributed by atoms with Crippen molar-refractivity contribution >= 4 is 28.3 Å². The van der Waals surface area contributed by atoms with E-state index in [0.717, 1.165) is 24.4 Å². The number of halogens is 4. The van der Waals surface area contributed by atoms with E-state index in [4.69, 9.17) is 11.6 Å². The summed E-state index contributed by atoms with van der Waals surface area (Å²) in [5, 5.41) is 0.284. The third kappa shape index (κ3) is 4.31. The third-order valence-electron chi connectivity index (χ3n) is 2.08. The minimum Gasteiger partial charge on any atom is -0.346 e. The highest BCUT2D eigenvalue weighted by Gasteiger charge is 2.36. The number of hydrogen-bond donors (Lipinski definition) is 0. The maximum Gasteiger partial charge on any atom is 0.452 e. The van der Waals surface area contributed by atoms with Gasteiger partial charge >= 0.3 is 6.18 Å². The molecule has 0 N–H and O–H groups in total. The van der Waals surface area contributed by atoms with Crippen molar-refractivity contribution in [2.75, 3.05) is 23.9 Å². The first-order chi connectivity index (χ1) is 7.99. The number of rotatable bonds is 6. The first kappa shape index (κ1) is 14.5. The van der Waals surface area contributed by atoms with E-state index in [2.05, 4.69) is 9.36 Å². The molecule has 0 atom stereocenters. The average molecular weight is 288 g/mol. The molecule has 1 aromatic rings. The van der Waals surface area contributed by atoms with E-state index < -0.39 is 12.0 Å². The molecule has 0 aromatic carbocycles. The topological polar surface area (TPSA) is 29.0 Å². The molecule has 0 aliphatic rings. The monoisotopic (exact) mass is 287 g/mol. The normalized spacial score (nSPS) is 11.8. The van der Waals surface area contributed by atoms with Crippen LogP contribution < -0.4 is 4.90 Å². The third-order valence-corrected chi connectivity index (χ3v) is 3.02. The first-order valence-corrected chi connectivity index (χ1v) is 6.51. The number of alkyl halides is 4. The first-order valence-electron chi connectivity index (χ1n) is 5.20. The molecule has 0 spiro atoms. The van der Waals surface area contributed by atoms with Crippen LogP contribution in [0.5, 0.6) is 0 Å². The lowest BCUT2D eigenvalue weighted by molar-refractivity contribution is -0.144. The predicted molar refractivity (Wildman–Crippen MR) is 62.8 cm³/mol. The number of hydrogen-bond acceptors (Lipinski definition) is 4. The summed E-state index contributed by atoms with van der Waals surface area (Å²) < 4.78 is 40.3. The Morgan fingerprint density at radius 1 is 1.35 bits per heavy atom. The summed E-state index contributed by atoms with van der Waals surface area (Å²) >= 11 is 6.38. The smallest absolute Gasteiger partial charge is 0.346 e. The van der Waals surface area contributed by atoms with Gasteiger partial charge in [0.15, 0.2) is 0 Å². The standard InChI is InChI=1S/C9H13ClF3N3S/c1-2-3-5-16(6-4-10)8-14-7(15-17-8)9(11,12)13/h2-6H2,1H3. The fraction of sp³-hybridized carbons (Fsp3) is 0.778. The number of unbranched alkanes of at least 4 members (excludes halogenated alkanes) is 1. The fourth-order valence-corrected chi connectivity index (χ4v) is 2.15. The zero-order chi connectivity index (χ0) is 12.9. The molecule has 0 unspecified atom stereocenters. The maximum absolute atomic E-state index is 12.3. The van der Waals surface area contributed by atoms with Crippen LogP contribution in [0.15, 0.2) is 0 Å². The van der Waals surface area contributed by atoms with E-state index in [1.807, 2.05) is 6.92 Å². The number of anilines is 1. The molecule has 1 heterocycles. The van der Waals surface area contributed by atoms with Gasteiger partial charge in [-0.25, -0.2) is 0 Å². The maximum atomic E-state index is 12.3. The van der Waals surface area contributed by atoms with E-state index in [0.29, 0.717) is 19.0 Å². The Kier molecular flexibility index (Phi) is 5.45. The van der Waals surface area contributed by atoms with Gasteiger partial charge in [0.05, 0.1) is 0 Å². The molecule has 0 aliphatic carbocycles. The van der Waals surface area contributed by atoms with Crippen LogP contribution in [0.3, 0.4) is 0 Å². The fourth-order valence-electron chi connectivity index (χ4n) is 1.21. The van der Waals surface area contributed by atoms with Crippen molar-refractivity contribution in [3.8, 4) is 0 Å². The lowest BCUT2D eigenvalue weighted by Crippen LogP contribution is -2.26. The molecule has 8 heteroatoms. The summed E-state index contributed by atoms with van der Waals surface area (Å²) in [7, 11) is 0. The summed E-state index contributed by atoms with van der Waals surface area (Å²) in [5.41, 5.74) is 0. The molecule has 1 rings (SSSR count). The largest absolute Gasteiger partial charge is 0.452 e. The van der Waals surface area contributed by atoms with E-state index in [-0.39, 0.29) is 5.13 Å². The van der Waals surface area contributed by atoms with Gasteiger partial charge in [-0.05, 0) is 6.42 Å². The lowest BCUT2D eigenvalue weighted by atomic mass is 10.3. The van der Waals surface area contributed by atoms with Crippen molar-refractivity contribution in [3.63, 3.8) is 0 Å². The second kappa shape index (κ2) is 6.39. The molecule has 0 saturated heterocycles. The van der Waals surface area contributed by atoms with Crippen LogP contribution >= 0.6 is 23.1 Å². The zero-order valence-corrected chi connectivity index (χ0v) is 10.9. The Labute approximate surface area is 107 Å². The van der Waals surface area contributed by atoms with Crippen molar-refractivity contribution in [2.45, 2.75) is 25.9 Å². The molecule has 0 amide bonds. The van der Waals surface area contributed by atoms with E-state index >= 15 is 0 Å². The summed E-state index contributed by atoms with van der Waals surface area (Å²) in [4.78, 5) is 5.24. The Balaban J connectivity index is 2.76. The van der Waals surface area contributed by atoms with Gasteiger partial charge in [0.2, 0.25) is 11.0 Å². The van der Waals surface area contributed by atoms with Crippen molar-refractivity contribution in [1.82, 2.24) is 9.36 Å². The second-order valence-electron chi connectivity index (χ2n) is 3.43. The molecule has 0 bridgehead atoms. The van der Waals surface area contributed by atoms with Gasteiger partial charge in [-0.1, -0.05) is 13.3 Å². The Hall–Kier alpha value is -0.560. The lowest BCUT2D eigenvalue weighted by Gasteiger charge is -2.19. The van der Waals surface area contributed by atoms with Crippen LogP contribution in [0.2, 0.25) is 0 Å². The van der Waals surface area contributed by atoms with Crippen LogP contribution in [0, 0.1) is 0 Å². The van der Waals surface area contributed by atoms with E-state index in [9.17, 15) is 13.2 Å². The van der Waals surface area contributed by atoms with Gasteiger partial charge in [-0.3, -0.25) is 0 Å². The average Bonchev–Trinajstić information content (AvgIpc) is 2.72. The summed E-state index contributed by atoms with van der Waals surface area (Å²) in [5.74, 6) is -0.724. The molecule has 98 valence electrons. The van der Waals surface area contributed by atoms with Crippen molar-refractivity contribution < 1.29 is 13.2 Å². The highest BCUT2D eigenvalue weighted by atomic mass is 35.5. The van der Waals surface area contributed by atoms with E-state index in [1.54, 1.807) is 4.90 Å². The zero-order valence-electron chi connectivity index (χ0n) is 9.30. The highest BCUT2D eigenvalue weighted by molar-refractivity contribution is 7.09. The van der Waals surface area contributed by atoms with Gasteiger partial charge in [-0.2, -0.15) is 22.5 Å². The molecular formula is C9H13ClF3N3S. The Morgan fingerprint density at radius 2 is 2.06 bits per heavy atom. The molecule has 0 aliphatic heterocycles. The van der Waals surface area contributed by atoms with Crippen molar-refractivity contribution in [3.05, 3.63) is 5.82 Å². The Bertz CT molecular complexity index is 342. The number of nitrogens with zero attached hydrogens (tertiary/aromatic N) is 3. The van der Waals surface area contributed by atoms with Gasteiger partial charge < -0.3 is 4.90 Å². The van der Waals surface area contributed by atoms with Crippen LogP contribution in [0.25, 0.3) is 0 Å². The summed E-state index contributed by atoms with van der Waals surface area (Å²) in [6.07, 6.45) is -2.63. The van der Waals surface area contributed by atoms with Crippen LogP contribution in [0.4, 0.5) is 18.3 Å². The molecule has 0 radical (unpaired) electrons. The van der Waals surface area contributed by atoms with Crippen molar-refractivity contribution in [2.24, 2.45) is 0 Å². The quantitative estimate of drug-likeness (QED) is 0.751. The minimum atomic E-state index is -4.48. The molecule has 3 nitrogen and oxygen atoms in total. The molecule has 17 heavy (non-hydrogen) atoms. The van der Waals surface area contributed by atoms with Gasteiger partial charge in [-0.15, -0.1) is 11.6 Å². The minimum absolute atomic E-state index is 0.284. The highest BCUT2D eigenvalue weighted by Crippen LogP contribution is 2.30. The van der Waals surface area contributed by atoms with Crippen LogP contribution in [-0.2, 0) is 6.18 Å². The molecule has 1 aromatic heterocycles. The SMILES string of the molecule is CCCCN(CCCl)c1nc(C(F)(F)F)ns1. The molecular weight excluding hydrogens is 275 g/mol. The summed E-state index contributed by atoms with van der Waals surface area (Å²) in [6.45, 7) is 3.14. The molecule has 0 saturated carbocycles. The van der Waals surface area contributed by atoms with E-state index in [1.165, 1.54) is 0 Å². The Morgan fingerprint density at radius 3 is 2.53 bits per heavy atom. The van der Waals surface area contributed by atoms with Crippen LogP contribution in [0.1, 0.15) is 25.6 Å². The predicted octanol–water partition coefficient (Wildman–Crippen LogP) is 3.40. The number of aromatic nitrogens is 2. The summed E-state index contributed by atoms with van der Waals surface area (Å²) in [6, 6.07) is 0. The van der Waals surface area contributed by atoms with Gasteiger partial charge in [0.1, 0.15) is 0 Å². The second-order valence-corrected chi connectivity index (χ2v) is 4.54. The van der Waals surface area contributed by atoms with Crippen LogP contribution in [-0.4, -0.2) is 28.3 Å². The van der Waals surface area contributed by atoms with Gasteiger partial charge in [0, 0.05) is 30.5 Å². The molecule has 0 fully saturated rings.